The molecular weight excluding hydrogens is 600 g/mol. The number of nitro benzene ring substituents is 1. The van der Waals surface area contributed by atoms with Crippen LogP contribution in [0.3, 0.4) is 0 Å². The maximum atomic E-state index is 14.3. The van der Waals surface area contributed by atoms with E-state index in [1.165, 1.54) is 11.6 Å². The summed E-state index contributed by atoms with van der Waals surface area (Å²) in [5, 5.41) is 13.6. The van der Waals surface area contributed by atoms with Gasteiger partial charge in [-0.05, 0) is 61.6 Å². The molecule has 4 aliphatic heterocycles. The van der Waals surface area contributed by atoms with Gasteiger partial charge in [-0.2, -0.15) is 0 Å². The molecule has 3 aromatic rings. The van der Waals surface area contributed by atoms with Crippen LogP contribution in [0.25, 0.3) is 0 Å². The van der Waals surface area contributed by atoms with Crippen molar-refractivity contribution in [3.63, 3.8) is 0 Å². The molecule has 0 spiro atoms. The number of hydrogen-bond acceptors (Lipinski definition) is 7. The summed E-state index contributed by atoms with van der Waals surface area (Å²) in [6.45, 7) is 3.74. The molecule has 0 saturated carbocycles. The Balaban J connectivity index is 1.62. The Morgan fingerprint density at radius 1 is 0.952 bits per heavy atom. The summed E-state index contributed by atoms with van der Waals surface area (Å²) in [5.41, 5.74) is 3.89. The van der Waals surface area contributed by atoms with Gasteiger partial charge in [0, 0.05) is 43.5 Å². The highest BCUT2D eigenvalue weighted by Crippen LogP contribution is 2.65. The fourth-order valence-electron chi connectivity index (χ4n) is 6.51. The van der Waals surface area contributed by atoms with Crippen LogP contribution in [0.4, 0.5) is 27.5 Å². The van der Waals surface area contributed by atoms with Crippen LogP contribution in [-0.2, 0) is 17.6 Å². The number of amides is 1. The summed E-state index contributed by atoms with van der Waals surface area (Å²) < 4.78 is 21.1. The van der Waals surface area contributed by atoms with Crippen LogP contribution in [0.2, 0.25) is 10.0 Å². The van der Waals surface area contributed by atoms with E-state index in [-0.39, 0.29) is 16.4 Å². The Labute approximate surface area is 253 Å². The summed E-state index contributed by atoms with van der Waals surface area (Å²) in [6.07, 6.45) is 3.03. The van der Waals surface area contributed by atoms with E-state index in [9.17, 15) is 14.9 Å². The van der Waals surface area contributed by atoms with Gasteiger partial charge in [-0.3, -0.25) is 10.1 Å². The minimum Gasteiger partial charge on any atom is -0.408 e. The van der Waals surface area contributed by atoms with Crippen LogP contribution in [0, 0.1) is 10.1 Å². The molecular formula is C29H28Cl2N5O5P. The van der Waals surface area contributed by atoms with E-state index in [1.54, 1.807) is 41.1 Å². The van der Waals surface area contributed by atoms with Gasteiger partial charge in [0.25, 0.3) is 5.69 Å². The van der Waals surface area contributed by atoms with Crippen molar-refractivity contribution in [1.82, 2.24) is 4.67 Å². The molecule has 13 heteroatoms. The lowest BCUT2D eigenvalue weighted by Crippen LogP contribution is -2.50. The molecule has 1 atom stereocenters. The largest absolute Gasteiger partial charge is 0.425 e. The number of morpholine rings is 1. The molecule has 10 nitrogen and oxygen atoms in total. The van der Waals surface area contributed by atoms with E-state index >= 15 is 0 Å². The molecule has 4 heterocycles. The Morgan fingerprint density at radius 3 is 2.48 bits per heavy atom. The third-order valence-corrected chi connectivity index (χ3v) is 12.6. The molecule has 3 aromatic carbocycles. The SMILES string of the molecule is O=C1Oc2c(cc3c4c2CCCN4CCC3)P(=Nc2ccccc2[N+](=O)[O-])(N2CCOCC2)N1c1ccc(Cl)c(Cl)c1. The standard InChI is InChI=1S/C29H28Cl2N5O5P/c30-22-10-9-20(18-23(22)31)35-29(37)41-28-21-6-4-12-33-11-3-5-19(27(21)33)17-26(28)42(35,34-13-15-40-16-14-34)32-24-7-1-2-8-25(24)36(38)39/h1-2,7-10,17-18H,3-6,11-16H2. The maximum Gasteiger partial charge on any atom is 0.425 e. The highest BCUT2D eigenvalue weighted by molar-refractivity contribution is 7.74. The van der Waals surface area contributed by atoms with Gasteiger partial charge in [0.1, 0.15) is 11.4 Å². The van der Waals surface area contributed by atoms with Gasteiger partial charge in [0.15, 0.2) is 7.36 Å². The number of hydrogen-bond donors (Lipinski definition) is 0. The van der Waals surface area contributed by atoms with E-state index in [1.807, 2.05) is 0 Å². The minimum atomic E-state index is -3.34. The molecule has 7 rings (SSSR count). The van der Waals surface area contributed by atoms with E-state index in [0.29, 0.717) is 42.8 Å². The lowest BCUT2D eigenvalue weighted by atomic mass is 9.91. The minimum absolute atomic E-state index is 0.134. The molecule has 4 aliphatic rings. The van der Waals surface area contributed by atoms with Crippen LogP contribution in [0.1, 0.15) is 24.0 Å². The zero-order valence-corrected chi connectivity index (χ0v) is 25.1. The second kappa shape index (κ2) is 10.8. The number of carbonyl (C=O) groups is 1. The second-order valence-corrected chi connectivity index (χ2v) is 14.3. The van der Waals surface area contributed by atoms with Crippen LogP contribution >= 0.6 is 30.6 Å². The first-order valence-corrected chi connectivity index (χ1v) is 16.4. The summed E-state index contributed by atoms with van der Waals surface area (Å²) in [4.78, 5) is 28.5. The number of fused-ring (bicyclic) bond motifs is 2. The number of halogens is 2. The van der Waals surface area contributed by atoms with Crippen LogP contribution in [0.5, 0.6) is 5.75 Å². The molecule has 218 valence electrons. The Morgan fingerprint density at radius 2 is 1.71 bits per heavy atom. The van der Waals surface area contributed by atoms with E-state index in [0.717, 1.165) is 55.3 Å². The number of nitro groups is 1. The number of rotatable bonds is 4. The van der Waals surface area contributed by atoms with E-state index in [4.69, 9.17) is 37.4 Å². The van der Waals surface area contributed by atoms with Crippen molar-refractivity contribution >= 4 is 64.7 Å². The monoisotopic (exact) mass is 627 g/mol. The molecule has 0 aromatic heterocycles. The molecule has 0 radical (unpaired) electrons. The third-order valence-electron chi connectivity index (χ3n) is 8.27. The highest BCUT2D eigenvalue weighted by atomic mass is 35.5. The predicted octanol–water partition coefficient (Wildman–Crippen LogP) is 6.94. The van der Waals surface area contributed by atoms with Crippen molar-refractivity contribution in [2.24, 2.45) is 4.74 Å². The number of nitrogens with zero attached hydrogens (tertiary/aromatic N) is 5. The quantitative estimate of drug-likeness (QED) is 0.175. The summed E-state index contributed by atoms with van der Waals surface area (Å²) in [5.74, 6) is 0.531. The van der Waals surface area contributed by atoms with Gasteiger partial charge in [-0.25, -0.2) is 18.9 Å². The molecule has 0 N–H and O–H groups in total. The Kier molecular flexibility index (Phi) is 7.15. The molecule has 42 heavy (non-hydrogen) atoms. The van der Waals surface area contributed by atoms with Gasteiger partial charge in [0.05, 0.1) is 39.2 Å². The molecule has 1 fully saturated rings. The topological polar surface area (TPSA) is 101 Å². The number of aryl methyl sites for hydroxylation is 1. The normalized spacial score (nSPS) is 21.8. The van der Waals surface area contributed by atoms with Crippen molar-refractivity contribution in [2.75, 3.05) is 49.0 Å². The fourth-order valence-corrected chi connectivity index (χ4v) is 10.6. The van der Waals surface area contributed by atoms with Crippen LogP contribution in [-0.4, -0.2) is 55.1 Å². The Bertz CT molecular complexity index is 1680. The first-order valence-electron chi connectivity index (χ1n) is 14.0. The predicted molar refractivity (Wildman–Crippen MR) is 164 cm³/mol. The smallest absolute Gasteiger partial charge is 0.408 e. The average molecular weight is 628 g/mol. The van der Waals surface area contributed by atoms with Gasteiger partial charge in [-0.15, -0.1) is 0 Å². The summed E-state index contributed by atoms with van der Waals surface area (Å²) in [7, 11) is -3.34. The number of benzene rings is 3. The number of carbonyl (C=O) groups excluding carboxylic acids is 1. The van der Waals surface area contributed by atoms with Crippen LogP contribution in [0.15, 0.2) is 53.3 Å². The maximum absolute atomic E-state index is 14.3. The van der Waals surface area contributed by atoms with E-state index < -0.39 is 18.4 Å². The lowest BCUT2D eigenvalue weighted by Gasteiger charge is -2.48. The molecule has 1 amide bonds. The zero-order chi connectivity index (χ0) is 29.0. The number of anilines is 2. The first kappa shape index (κ1) is 27.7. The first-order chi connectivity index (χ1) is 20.4. The van der Waals surface area contributed by atoms with Gasteiger partial charge in [0.2, 0.25) is 0 Å². The van der Waals surface area contributed by atoms with Gasteiger partial charge in [-0.1, -0.05) is 35.3 Å². The molecule has 0 bridgehead atoms. The third kappa shape index (κ3) is 4.39. The van der Waals surface area contributed by atoms with Crippen molar-refractivity contribution in [1.29, 1.82) is 0 Å². The second-order valence-electron chi connectivity index (χ2n) is 10.7. The van der Waals surface area contributed by atoms with Crippen molar-refractivity contribution in [2.45, 2.75) is 25.7 Å². The Hall–Kier alpha value is -3.14. The summed E-state index contributed by atoms with van der Waals surface area (Å²) in [6, 6.07) is 13.5. The van der Waals surface area contributed by atoms with Gasteiger partial charge >= 0.3 is 6.09 Å². The van der Waals surface area contributed by atoms with Crippen molar-refractivity contribution in [3.8, 4) is 5.75 Å². The zero-order valence-electron chi connectivity index (χ0n) is 22.7. The molecule has 1 unspecified atom stereocenters. The summed E-state index contributed by atoms with van der Waals surface area (Å²) >= 11 is 12.8. The molecule has 0 aliphatic carbocycles. The van der Waals surface area contributed by atoms with Gasteiger partial charge < -0.3 is 14.4 Å². The highest BCUT2D eigenvalue weighted by Gasteiger charge is 2.50. The van der Waals surface area contributed by atoms with Crippen molar-refractivity contribution < 1.29 is 19.2 Å². The van der Waals surface area contributed by atoms with E-state index in [2.05, 4.69) is 15.6 Å². The fraction of sp³-hybridized carbons (Fsp3) is 0.345. The van der Waals surface area contributed by atoms with Crippen molar-refractivity contribution in [3.05, 3.63) is 79.8 Å². The lowest BCUT2D eigenvalue weighted by molar-refractivity contribution is -0.384. The number of para-hydroxylation sites is 1. The number of ether oxygens (including phenoxy) is 2. The van der Waals surface area contributed by atoms with Crippen LogP contribution < -0.4 is 19.6 Å². The average Bonchev–Trinajstić information content (AvgIpc) is 3.00. The molecule has 1 saturated heterocycles.